The molecule has 2 aromatic rings. The summed E-state index contributed by atoms with van der Waals surface area (Å²) in [5, 5.41) is 15.3. The Labute approximate surface area is 302 Å². The molecule has 10 atom stereocenters. The summed E-state index contributed by atoms with van der Waals surface area (Å²) in [6.07, 6.45) is -9.66. The zero-order chi connectivity index (χ0) is 37.5. The van der Waals surface area contributed by atoms with E-state index in [4.69, 9.17) is 42.6 Å². The van der Waals surface area contributed by atoms with Crippen molar-refractivity contribution < 1.29 is 62.1 Å². The molecule has 0 radical (unpaired) electrons. The fraction of sp³-hybridized carbons (Fsp3) is 0.583. The predicted octanol–water partition coefficient (Wildman–Crippen LogP) is 4.13. The first kappa shape index (κ1) is 40.6. The fourth-order valence-corrected chi connectivity index (χ4v) is 5.78. The molecule has 2 heterocycles. The van der Waals surface area contributed by atoms with Crippen molar-refractivity contribution in [3.05, 3.63) is 82.2 Å². The maximum atomic E-state index is 13.5. The van der Waals surface area contributed by atoms with Gasteiger partial charge in [0.1, 0.15) is 37.1 Å². The summed E-state index contributed by atoms with van der Waals surface area (Å²) in [4.78, 5) is 42.5. The zero-order valence-corrected chi connectivity index (χ0v) is 29.7. The molecule has 0 bridgehead atoms. The summed E-state index contributed by atoms with van der Waals surface area (Å²) in [7, 11) is 2.48. The van der Waals surface area contributed by atoms with E-state index in [-0.39, 0.29) is 24.3 Å². The average Bonchev–Trinajstić information content (AvgIpc) is 3.17. The number of aliphatic hydroxyl groups is 1. The van der Waals surface area contributed by atoms with Gasteiger partial charge in [-0.05, 0) is 42.6 Å². The van der Waals surface area contributed by atoms with Crippen molar-refractivity contribution in [2.24, 2.45) is 5.11 Å². The number of rotatable bonds is 18. The van der Waals surface area contributed by atoms with Crippen molar-refractivity contribution in [1.82, 2.24) is 0 Å². The summed E-state index contributed by atoms with van der Waals surface area (Å²) in [5.41, 5.74) is 10.0. The third-order valence-corrected chi connectivity index (χ3v) is 8.53. The van der Waals surface area contributed by atoms with Gasteiger partial charge in [0.15, 0.2) is 24.8 Å². The number of hydrogen-bond acceptors (Lipinski definition) is 14. The second-order valence-corrected chi connectivity index (χ2v) is 12.1. The van der Waals surface area contributed by atoms with Gasteiger partial charge in [-0.25, -0.2) is 14.4 Å². The Morgan fingerprint density at radius 3 is 1.96 bits per heavy atom. The SMILES string of the molecule is CCCCOC1C(O)C(C(=O)OC)OC(OC2C(COC(=O)c3ccccc3)OC(OC)C(N=[N+]=[N-])C2OCCCC)C1OC(=O)c1ccccc1. The minimum Gasteiger partial charge on any atom is -0.467 e. The van der Waals surface area contributed by atoms with Crippen molar-refractivity contribution in [2.45, 2.75) is 101 Å². The summed E-state index contributed by atoms with van der Waals surface area (Å²) in [5.74, 6) is -2.38. The van der Waals surface area contributed by atoms with E-state index in [0.29, 0.717) is 12.8 Å². The number of hydrogen-bond donors (Lipinski definition) is 1. The maximum Gasteiger partial charge on any atom is 0.338 e. The highest BCUT2D eigenvalue weighted by molar-refractivity contribution is 5.90. The van der Waals surface area contributed by atoms with Crippen LogP contribution < -0.4 is 0 Å². The molecule has 52 heavy (non-hydrogen) atoms. The lowest BCUT2D eigenvalue weighted by Crippen LogP contribution is -2.66. The molecular formula is C36H47N3O13. The van der Waals surface area contributed by atoms with Gasteiger partial charge < -0.3 is 47.7 Å². The molecule has 284 valence electrons. The van der Waals surface area contributed by atoms with Crippen LogP contribution in [-0.2, 0) is 47.4 Å². The Morgan fingerprint density at radius 2 is 1.40 bits per heavy atom. The number of ether oxygens (including phenoxy) is 9. The van der Waals surface area contributed by atoms with E-state index in [1.54, 1.807) is 60.7 Å². The van der Waals surface area contributed by atoms with E-state index in [1.165, 1.54) is 7.11 Å². The second-order valence-electron chi connectivity index (χ2n) is 12.1. The highest BCUT2D eigenvalue weighted by atomic mass is 16.8. The van der Waals surface area contributed by atoms with E-state index < -0.39 is 85.9 Å². The largest absolute Gasteiger partial charge is 0.467 e. The van der Waals surface area contributed by atoms with Gasteiger partial charge in [0.25, 0.3) is 0 Å². The number of azide groups is 1. The van der Waals surface area contributed by atoms with Gasteiger partial charge in [0.2, 0.25) is 0 Å². The highest BCUT2D eigenvalue weighted by Crippen LogP contribution is 2.35. The van der Waals surface area contributed by atoms with Crippen LogP contribution in [-0.4, -0.2) is 118 Å². The molecule has 2 aliphatic heterocycles. The molecule has 4 rings (SSSR count). The number of carbonyl (C=O) groups is 3. The number of benzene rings is 2. The van der Waals surface area contributed by atoms with Crippen LogP contribution in [0.3, 0.4) is 0 Å². The topological polar surface area (TPSA) is 203 Å². The molecule has 16 heteroatoms. The number of unbranched alkanes of at least 4 members (excludes halogenated alkanes) is 2. The second kappa shape index (κ2) is 20.8. The highest BCUT2D eigenvalue weighted by Gasteiger charge is 2.55. The normalized spacial score (nSPS) is 28.6. The van der Waals surface area contributed by atoms with Crippen LogP contribution >= 0.6 is 0 Å². The van der Waals surface area contributed by atoms with Crippen molar-refractivity contribution in [3.8, 4) is 0 Å². The minimum absolute atomic E-state index is 0.139. The molecule has 0 aliphatic carbocycles. The van der Waals surface area contributed by atoms with Crippen LogP contribution in [0, 0.1) is 0 Å². The first-order valence-corrected chi connectivity index (χ1v) is 17.3. The quantitative estimate of drug-likeness (QED) is 0.0573. The molecule has 0 aromatic heterocycles. The van der Waals surface area contributed by atoms with Crippen LogP contribution in [0.25, 0.3) is 10.4 Å². The lowest BCUT2D eigenvalue weighted by Gasteiger charge is -2.48. The van der Waals surface area contributed by atoms with Gasteiger partial charge in [0, 0.05) is 25.2 Å². The van der Waals surface area contributed by atoms with Crippen LogP contribution in [0.15, 0.2) is 65.8 Å². The molecule has 2 aliphatic rings. The van der Waals surface area contributed by atoms with E-state index in [0.717, 1.165) is 20.0 Å². The van der Waals surface area contributed by atoms with Gasteiger partial charge >= 0.3 is 17.9 Å². The Bertz CT molecular complexity index is 1460. The molecular weight excluding hydrogens is 682 g/mol. The Morgan fingerprint density at radius 1 is 0.808 bits per heavy atom. The molecule has 0 amide bonds. The molecule has 2 fully saturated rings. The van der Waals surface area contributed by atoms with Crippen molar-refractivity contribution >= 4 is 17.9 Å². The average molecular weight is 730 g/mol. The molecule has 0 saturated carbocycles. The van der Waals surface area contributed by atoms with E-state index in [9.17, 15) is 25.0 Å². The number of nitrogens with zero attached hydrogens (tertiary/aromatic N) is 3. The first-order chi connectivity index (χ1) is 25.3. The number of aliphatic hydroxyl groups excluding tert-OH is 1. The van der Waals surface area contributed by atoms with Crippen molar-refractivity contribution in [3.63, 3.8) is 0 Å². The molecule has 0 spiro atoms. The number of methoxy groups -OCH3 is 2. The zero-order valence-electron chi connectivity index (χ0n) is 29.7. The maximum absolute atomic E-state index is 13.5. The standard InChI is InChI=1S/C36H47N3O13/c1-5-7-19-46-28-25(38-39-37)35(45-4)49-24(21-48-32(41)22-15-11-9-12-16-22)27(28)51-36-31(50-33(42)23-17-13-10-14-18-23)29(47-20-8-6-2)26(40)30(52-36)34(43)44-3/h9-18,24-31,35-36,40H,5-8,19-21H2,1-4H3. The van der Waals surface area contributed by atoms with Crippen LogP contribution in [0.5, 0.6) is 0 Å². The Balaban J connectivity index is 1.77. The summed E-state index contributed by atoms with van der Waals surface area (Å²) < 4.78 is 53.2. The van der Waals surface area contributed by atoms with E-state index >= 15 is 0 Å². The number of carbonyl (C=O) groups excluding carboxylic acids is 3. The van der Waals surface area contributed by atoms with Gasteiger partial charge in [-0.15, -0.1) is 0 Å². The summed E-state index contributed by atoms with van der Waals surface area (Å²) in [6.45, 7) is 3.86. The molecule has 2 aromatic carbocycles. The van der Waals surface area contributed by atoms with Gasteiger partial charge in [-0.2, -0.15) is 0 Å². The first-order valence-electron chi connectivity index (χ1n) is 17.3. The van der Waals surface area contributed by atoms with Crippen LogP contribution in [0.1, 0.15) is 60.2 Å². The lowest BCUT2D eigenvalue weighted by molar-refractivity contribution is -0.345. The van der Waals surface area contributed by atoms with Crippen LogP contribution in [0.4, 0.5) is 0 Å². The van der Waals surface area contributed by atoms with Crippen molar-refractivity contribution in [1.29, 1.82) is 0 Å². The smallest absolute Gasteiger partial charge is 0.338 e. The molecule has 10 unspecified atom stereocenters. The fourth-order valence-electron chi connectivity index (χ4n) is 5.78. The van der Waals surface area contributed by atoms with Gasteiger partial charge in [-0.3, -0.25) is 0 Å². The van der Waals surface area contributed by atoms with Crippen molar-refractivity contribution in [2.75, 3.05) is 34.0 Å². The third kappa shape index (κ3) is 10.5. The van der Waals surface area contributed by atoms with E-state index in [1.807, 2.05) is 13.8 Å². The lowest BCUT2D eigenvalue weighted by atomic mass is 9.95. The summed E-state index contributed by atoms with van der Waals surface area (Å²) in [6, 6.07) is 15.3. The number of esters is 3. The van der Waals surface area contributed by atoms with Gasteiger partial charge in [-0.1, -0.05) is 68.2 Å². The minimum atomic E-state index is -1.65. The third-order valence-electron chi connectivity index (χ3n) is 8.53. The van der Waals surface area contributed by atoms with Gasteiger partial charge in [0.05, 0.1) is 24.3 Å². The molecule has 16 nitrogen and oxygen atoms in total. The monoisotopic (exact) mass is 729 g/mol. The molecule has 2 saturated heterocycles. The Kier molecular flexibility index (Phi) is 16.3. The summed E-state index contributed by atoms with van der Waals surface area (Å²) >= 11 is 0. The Hall–Kier alpha value is -4.12. The van der Waals surface area contributed by atoms with Crippen LogP contribution in [0.2, 0.25) is 0 Å². The van der Waals surface area contributed by atoms with E-state index in [2.05, 4.69) is 10.0 Å². The predicted molar refractivity (Wildman–Crippen MR) is 182 cm³/mol. The molecule has 1 N–H and O–H groups in total.